The Labute approximate surface area is 189 Å². The molecule has 1 aliphatic rings. The maximum absolute atomic E-state index is 12.8. The first-order chi connectivity index (χ1) is 15.4. The Kier molecular flexibility index (Phi) is 4.98. The van der Waals surface area contributed by atoms with Gasteiger partial charge in [0.05, 0.1) is 16.7 Å². The van der Waals surface area contributed by atoms with E-state index in [1.165, 1.54) is 6.07 Å². The number of rotatable bonds is 6. The van der Waals surface area contributed by atoms with Crippen LogP contribution < -0.4 is 16.0 Å². The fourth-order valence-corrected chi connectivity index (χ4v) is 4.11. The van der Waals surface area contributed by atoms with E-state index in [-0.39, 0.29) is 23.3 Å². The first-order valence-electron chi connectivity index (χ1n) is 10.3. The van der Waals surface area contributed by atoms with Gasteiger partial charge >= 0.3 is 0 Å². The molecule has 2 heterocycles. The molecule has 1 fully saturated rings. The number of benzene rings is 2. The zero-order valence-electron chi connectivity index (χ0n) is 17.4. The smallest absolute Gasteiger partial charge is 0.258 e. The zero-order valence-corrected chi connectivity index (χ0v) is 18.1. The average molecular weight is 449 g/mol. The number of nitrogens with two attached hydrogens (primary N) is 1. The van der Waals surface area contributed by atoms with Crippen LogP contribution in [0.1, 0.15) is 23.7 Å². The molecule has 1 saturated carbocycles. The Balaban J connectivity index is 1.38. The van der Waals surface area contributed by atoms with Crippen molar-refractivity contribution in [1.29, 1.82) is 0 Å². The van der Waals surface area contributed by atoms with E-state index in [0.717, 1.165) is 34.5 Å². The lowest BCUT2D eigenvalue weighted by Crippen LogP contribution is -2.16. The van der Waals surface area contributed by atoms with Gasteiger partial charge in [0.2, 0.25) is 5.91 Å². The highest BCUT2D eigenvalue weighted by Gasteiger charge is 2.45. The number of amides is 1. The maximum Gasteiger partial charge on any atom is 0.258 e. The molecular formula is C24H21ClN4O3. The fraction of sp³-hybridized carbons (Fsp3) is 0.208. The molecule has 162 valence electrons. The molecule has 1 aliphatic carbocycles. The van der Waals surface area contributed by atoms with Gasteiger partial charge in [0.15, 0.2) is 0 Å². The summed E-state index contributed by atoms with van der Waals surface area (Å²) >= 11 is 5.90. The molecule has 7 nitrogen and oxygen atoms in total. The van der Waals surface area contributed by atoms with Crippen molar-refractivity contribution in [2.75, 3.05) is 0 Å². The van der Waals surface area contributed by atoms with Crippen LogP contribution in [0, 0.1) is 5.92 Å². The Bertz CT molecular complexity index is 1390. The van der Waals surface area contributed by atoms with Gasteiger partial charge in [0.1, 0.15) is 18.2 Å². The largest absolute Gasteiger partial charge is 0.489 e. The van der Waals surface area contributed by atoms with Gasteiger partial charge < -0.3 is 15.0 Å². The summed E-state index contributed by atoms with van der Waals surface area (Å²) in [5, 5.41) is 0.665. The molecule has 0 bridgehead atoms. The predicted molar refractivity (Wildman–Crippen MR) is 122 cm³/mol. The van der Waals surface area contributed by atoms with Crippen LogP contribution in [0.5, 0.6) is 5.75 Å². The van der Waals surface area contributed by atoms with Crippen LogP contribution in [-0.4, -0.2) is 20.0 Å². The average Bonchev–Trinajstić information content (AvgIpc) is 3.52. The molecule has 8 heteroatoms. The first kappa shape index (κ1) is 20.3. The van der Waals surface area contributed by atoms with Crippen LogP contribution in [0.25, 0.3) is 16.7 Å². The van der Waals surface area contributed by atoms with E-state index in [1.807, 2.05) is 41.9 Å². The predicted octanol–water partition coefficient (Wildman–Crippen LogP) is 3.55. The van der Waals surface area contributed by atoms with Gasteiger partial charge in [-0.3, -0.25) is 14.2 Å². The van der Waals surface area contributed by atoms with E-state index in [0.29, 0.717) is 17.4 Å². The normalized spacial score (nSPS) is 17.4. The molecule has 0 radical (unpaired) electrons. The molecule has 0 spiro atoms. The number of carbonyl (C=O) groups excluding carboxylic acids is 1. The highest BCUT2D eigenvalue weighted by Crippen LogP contribution is 2.47. The molecule has 1 amide bonds. The first-order valence-corrected chi connectivity index (χ1v) is 10.6. The lowest BCUT2D eigenvalue weighted by molar-refractivity contribution is -0.119. The van der Waals surface area contributed by atoms with E-state index >= 15 is 0 Å². The van der Waals surface area contributed by atoms with Gasteiger partial charge in [-0.1, -0.05) is 23.7 Å². The van der Waals surface area contributed by atoms with Crippen molar-refractivity contribution in [2.24, 2.45) is 18.7 Å². The SMILES string of the molecule is Cn1c(C2CC2C(N)=O)nc2ccc(-n3ccc(OCc4ccc(Cl)cc4)cc3=O)cc21. The van der Waals surface area contributed by atoms with E-state index in [2.05, 4.69) is 4.98 Å². The third-order valence-electron chi connectivity index (χ3n) is 5.87. The fourth-order valence-electron chi connectivity index (χ4n) is 3.98. The number of nitrogens with zero attached hydrogens (tertiary/aromatic N) is 3. The minimum Gasteiger partial charge on any atom is -0.489 e. The molecule has 2 N–H and O–H groups in total. The number of imidazole rings is 1. The number of halogens is 1. The summed E-state index contributed by atoms with van der Waals surface area (Å²) in [6, 6.07) is 16.3. The van der Waals surface area contributed by atoms with E-state index < -0.39 is 0 Å². The van der Waals surface area contributed by atoms with Crippen LogP contribution >= 0.6 is 11.6 Å². The monoisotopic (exact) mass is 448 g/mol. The summed E-state index contributed by atoms with van der Waals surface area (Å²) in [6.45, 7) is 0.345. The summed E-state index contributed by atoms with van der Waals surface area (Å²) < 4.78 is 9.28. The lowest BCUT2D eigenvalue weighted by Gasteiger charge is -2.10. The molecule has 0 saturated heterocycles. The second-order valence-corrected chi connectivity index (χ2v) is 8.48. The van der Waals surface area contributed by atoms with Gasteiger partial charge in [-0.2, -0.15) is 0 Å². The minimum atomic E-state index is -0.285. The highest BCUT2D eigenvalue weighted by atomic mass is 35.5. The number of carbonyl (C=O) groups is 1. The standard InChI is InChI=1S/C24H21ClN4O3/c1-28-21-10-16(6-7-20(21)27-24(28)19-12-18(19)23(26)31)29-9-8-17(11-22(29)30)32-13-14-2-4-15(25)5-3-14/h2-11,18-19H,12-13H2,1H3,(H2,26,31). The lowest BCUT2D eigenvalue weighted by atomic mass is 10.2. The topological polar surface area (TPSA) is 92.1 Å². The molecular weight excluding hydrogens is 428 g/mol. The Hall–Kier alpha value is -3.58. The number of aryl methyl sites for hydroxylation is 1. The molecule has 32 heavy (non-hydrogen) atoms. The van der Waals surface area contributed by atoms with Gasteiger partial charge in [0, 0.05) is 36.2 Å². The number of fused-ring (bicyclic) bond motifs is 1. The molecule has 5 rings (SSSR count). The van der Waals surface area contributed by atoms with E-state index in [1.54, 1.807) is 29.0 Å². The Morgan fingerprint density at radius 1 is 1.19 bits per heavy atom. The van der Waals surface area contributed by atoms with Gasteiger partial charge in [-0.25, -0.2) is 4.98 Å². The van der Waals surface area contributed by atoms with E-state index in [4.69, 9.17) is 22.1 Å². The van der Waals surface area contributed by atoms with Crippen LogP contribution in [0.4, 0.5) is 0 Å². The van der Waals surface area contributed by atoms with Gasteiger partial charge in [-0.15, -0.1) is 0 Å². The second kappa shape index (κ2) is 7.84. The number of hydrogen-bond acceptors (Lipinski definition) is 4. The Morgan fingerprint density at radius 2 is 1.97 bits per heavy atom. The van der Waals surface area contributed by atoms with Crippen molar-refractivity contribution in [2.45, 2.75) is 18.9 Å². The van der Waals surface area contributed by atoms with Crippen molar-refractivity contribution in [1.82, 2.24) is 14.1 Å². The number of ether oxygens (including phenoxy) is 1. The third-order valence-corrected chi connectivity index (χ3v) is 6.13. The van der Waals surface area contributed by atoms with Crippen molar-refractivity contribution >= 4 is 28.5 Å². The van der Waals surface area contributed by atoms with Gasteiger partial charge in [0.25, 0.3) is 5.56 Å². The van der Waals surface area contributed by atoms with Crippen LogP contribution in [0.2, 0.25) is 5.02 Å². The number of pyridine rings is 1. The molecule has 4 aromatic rings. The maximum atomic E-state index is 12.8. The summed E-state index contributed by atoms with van der Waals surface area (Å²) in [6.07, 6.45) is 2.43. The van der Waals surface area contributed by atoms with Crippen LogP contribution in [0.3, 0.4) is 0 Å². The van der Waals surface area contributed by atoms with Crippen LogP contribution in [0.15, 0.2) is 65.6 Å². The van der Waals surface area contributed by atoms with Crippen molar-refractivity contribution < 1.29 is 9.53 Å². The second-order valence-electron chi connectivity index (χ2n) is 8.04. The zero-order chi connectivity index (χ0) is 22.4. The molecule has 0 aliphatic heterocycles. The summed E-state index contributed by atoms with van der Waals surface area (Å²) in [5.74, 6) is 0.976. The quantitative estimate of drug-likeness (QED) is 0.488. The number of aromatic nitrogens is 3. The van der Waals surface area contributed by atoms with E-state index in [9.17, 15) is 9.59 Å². The van der Waals surface area contributed by atoms with Gasteiger partial charge in [-0.05, 0) is 48.4 Å². The summed E-state index contributed by atoms with van der Waals surface area (Å²) in [5.41, 5.74) is 8.63. The minimum absolute atomic E-state index is 0.0631. The van der Waals surface area contributed by atoms with Crippen LogP contribution in [-0.2, 0) is 18.4 Å². The number of primary amides is 1. The summed E-state index contributed by atoms with van der Waals surface area (Å²) in [4.78, 5) is 28.9. The summed E-state index contributed by atoms with van der Waals surface area (Å²) in [7, 11) is 1.92. The molecule has 2 atom stereocenters. The molecule has 2 aromatic carbocycles. The van der Waals surface area contributed by atoms with Crippen molar-refractivity contribution in [3.05, 3.63) is 87.6 Å². The number of hydrogen-bond donors (Lipinski definition) is 1. The van der Waals surface area contributed by atoms with Crippen molar-refractivity contribution in [3.63, 3.8) is 0 Å². The molecule has 2 unspecified atom stereocenters. The third kappa shape index (κ3) is 3.76. The molecule has 2 aromatic heterocycles. The highest BCUT2D eigenvalue weighted by molar-refractivity contribution is 6.30. The Morgan fingerprint density at radius 3 is 2.66 bits per heavy atom. The van der Waals surface area contributed by atoms with Crippen molar-refractivity contribution in [3.8, 4) is 11.4 Å².